The van der Waals surface area contributed by atoms with E-state index in [1.165, 1.54) is 0 Å². The highest BCUT2D eigenvalue weighted by Crippen LogP contribution is 2.26. The first-order chi connectivity index (χ1) is 12.0. The van der Waals surface area contributed by atoms with Gasteiger partial charge in [-0.2, -0.15) is 13.2 Å². The van der Waals surface area contributed by atoms with E-state index in [2.05, 4.69) is 10.3 Å². The van der Waals surface area contributed by atoms with Crippen LogP contribution in [-0.2, 0) is 14.4 Å². The SMILES string of the molecule is NC(N)=NC1CCCC(C(=O)NCC(=O)NC(CC(=O)O)C(F)(F)F)C1. The Labute approximate surface area is 147 Å². The molecular formula is C14H22F3N5O4. The molecule has 26 heavy (non-hydrogen) atoms. The maximum atomic E-state index is 12.7. The van der Waals surface area contributed by atoms with Crippen LogP contribution in [0.5, 0.6) is 0 Å². The minimum atomic E-state index is -4.91. The second kappa shape index (κ2) is 9.25. The average Bonchev–Trinajstić information content (AvgIpc) is 2.50. The van der Waals surface area contributed by atoms with Crippen molar-refractivity contribution in [1.29, 1.82) is 0 Å². The van der Waals surface area contributed by atoms with Gasteiger partial charge in [0.2, 0.25) is 11.8 Å². The van der Waals surface area contributed by atoms with Gasteiger partial charge in [-0.1, -0.05) is 6.42 Å². The van der Waals surface area contributed by atoms with Gasteiger partial charge in [-0.25, -0.2) is 0 Å². The van der Waals surface area contributed by atoms with E-state index in [1.54, 1.807) is 5.32 Å². The molecule has 0 aliphatic heterocycles. The van der Waals surface area contributed by atoms with Crippen LogP contribution in [0.3, 0.4) is 0 Å². The first-order valence-electron chi connectivity index (χ1n) is 7.93. The highest BCUT2D eigenvalue weighted by atomic mass is 19.4. The molecule has 12 heteroatoms. The lowest BCUT2D eigenvalue weighted by molar-refractivity contribution is -0.170. The fourth-order valence-corrected chi connectivity index (χ4v) is 2.71. The van der Waals surface area contributed by atoms with Crippen LogP contribution in [-0.4, -0.2) is 53.7 Å². The third-order valence-corrected chi connectivity index (χ3v) is 3.88. The monoisotopic (exact) mass is 381 g/mol. The van der Waals surface area contributed by atoms with Gasteiger partial charge in [-0.15, -0.1) is 0 Å². The van der Waals surface area contributed by atoms with E-state index >= 15 is 0 Å². The third-order valence-electron chi connectivity index (χ3n) is 3.88. The highest BCUT2D eigenvalue weighted by Gasteiger charge is 2.42. The van der Waals surface area contributed by atoms with Crippen LogP contribution in [0, 0.1) is 5.92 Å². The van der Waals surface area contributed by atoms with Crippen molar-refractivity contribution >= 4 is 23.7 Å². The lowest BCUT2D eigenvalue weighted by Crippen LogP contribution is -2.50. The summed E-state index contributed by atoms with van der Waals surface area (Å²) in [6.07, 6.45) is -3.88. The number of hydrogen-bond donors (Lipinski definition) is 5. The summed E-state index contributed by atoms with van der Waals surface area (Å²) in [7, 11) is 0. The molecule has 0 heterocycles. The Balaban J connectivity index is 2.51. The van der Waals surface area contributed by atoms with Gasteiger partial charge in [0.1, 0.15) is 6.04 Å². The minimum absolute atomic E-state index is 0.0907. The van der Waals surface area contributed by atoms with E-state index in [0.29, 0.717) is 25.7 Å². The molecule has 1 fully saturated rings. The van der Waals surface area contributed by atoms with E-state index in [0.717, 1.165) is 0 Å². The van der Waals surface area contributed by atoms with Crippen LogP contribution in [0.4, 0.5) is 13.2 Å². The standard InChI is InChI=1S/C14H22F3N5O4/c15-14(16,17)9(5-11(24)25)22-10(23)6-20-12(26)7-2-1-3-8(4-7)21-13(18)19/h7-9H,1-6H2,(H,20,26)(H,22,23)(H,24,25)(H4,18,19,21). The van der Waals surface area contributed by atoms with Crippen molar-refractivity contribution in [1.82, 2.24) is 10.6 Å². The first-order valence-corrected chi connectivity index (χ1v) is 7.93. The predicted molar refractivity (Wildman–Crippen MR) is 84.8 cm³/mol. The van der Waals surface area contributed by atoms with Crippen LogP contribution in [0.2, 0.25) is 0 Å². The van der Waals surface area contributed by atoms with Crippen molar-refractivity contribution in [2.45, 2.75) is 50.4 Å². The fraction of sp³-hybridized carbons (Fsp3) is 0.714. The van der Waals surface area contributed by atoms with E-state index in [1.807, 2.05) is 0 Å². The van der Waals surface area contributed by atoms with Gasteiger partial charge in [-0.3, -0.25) is 19.4 Å². The third kappa shape index (κ3) is 7.57. The molecule has 0 radical (unpaired) electrons. The molecule has 2 amide bonds. The number of hydrogen-bond acceptors (Lipinski definition) is 4. The Morgan fingerprint density at radius 1 is 1.23 bits per heavy atom. The number of halogens is 3. The maximum absolute atomic E-state index is 12.7. The topological polar surface area (TPSA) is 160 Å². The Morgan fingerprint density at radius 3 is 2.42 bits per heavy atom. The van der Waals surface area contributed by atoms with Crippen molar-refractivity contribution in [3.8, 4) is 0 Å². The molecule has 0 aromatic heterocycles. The van der Waals surface area contributed by atoms with Gasteiger partial charge < -0.3 is 27.2 Å². The lowest BCUT2D eigenvalue weighted by atomic mass is 9.85. The molecule has 148 valence electrons. The number of carboxylic acids is 1. The number of amides is 2. The van der Waals surface area contributed by atoms with Crippen molar-refractivity contribution in [2.75, 3.05) is 6.54 Å². The average molecular weight is 381 g/mol. The number of rotatable bonds is 7. The molecule has 1 rings (SSSR count). The maximum Gasteiger partial charge on any atom is 0.409 e. The van der Waals surface area contributed by atoms with Gasteiger partial charge in [0, 0.05) is 5.92 Å². The molecule has 0 spiro atoms. The number of guanidine groups is 1. The summed E-state index contributed by atoms with van der Waals surface area (Å²) < 4.78 is 38.0. The van der Waals surface area contributed by atoms with Gasteiger partial charge in [0.15, 0.2) is 5.96 Å². The number of aliphatic carboxylic acids is 1. The molecule has 3 atom stereocenters. The van der Waals surface area contributed by atoms with Crippen LogP contribution in [0.25, 0.3) is 0 Å². The molecule has 0 bridgehead atoms. The van der Waals surface area contributed by atoms with Crippen LogP contribution in [0.15, 0.2) is 4.99 Å². The van der Waals surface area contributed by atoms with Gasteiger partial charge >= 0.3 is 12.1 Å². The fourth-order valence-electron chi connectivity index (χ4n) is 2.71. The normalized spacial score (nSPS) is 21.3. The molecule has 3 unspecified atom stereocenters. The van der Waals surface area contributed by atoms with Gasteiger partial charge in [0.05, 0.1) is 19.0 Å². The summed E-state index contributed by atoms with van der Waals surface area (Å²) in [6.45, 7) is -0.686. The van der Waals surface area contributed by atoms with Crippen molar-refractivity contribution in [3.05, 3.63) is 0 Å². The highest BCUT2D eigenvalue weighted by molar-refractivity contribution is 5.86. The Bertz CT molecular complexity index is 563. The van der Waals surface area contributed by atoms with Gasteiger partial charge in [-0.05, 0) is 19.3 Å². The molecule has 0 aromatic carbocycles. The smallest absolute Gasteiger partial charge is 0.409 e. The molecule has 1 aliphatic rings. The summed E-state index contributed by atoms with van der Waals surface area (Å²) in [4.78, 5) is 38.1. The summed E-state index contributed by atoms with van der Waals surface area (Å²) in [5.41, 5.74) is 10.6. The zero-order chi connectivity index (χ0) is 19.9. The van der Waals surface area contributed by atoms with E-state index in [4.69, 9.17) is 16.6 Å². The van der Waals surface area contributed by atoms with Gasteiger partial charge in [0.25, 0.3) is 0 Å². The Morgan fingerprint density at radius 2 is 1.88 bits per heavy atom. The number of nitrogens with zero attached hydrogens (tertiary/aromatic N) is 1. The number of carbonyl (C=O) groups excluding carboxylic acids is 2. The number of alkyl halides is 3. The summed E-state index contributed by atoms with van der Waals surface area (Å²) in [5.74, 6) is -3.87. The van der Waals surface area contributed by atoms with Crippen LogP contribution < -0.4 is 22.1 Å². The second-order valence-electron chi connectivity index (χ2n) is 6.05. The summed E-state index contributed by atoms with van der Waals surface area (Å²) >= 11 is 0. The number of nitrogens with one attached hydrogen (secondary N) is 2. The number of aliphatic imine (C=N–C) groups is 1. The molecular weight excluding hydrogens is 359 g/mol. The summed E-state index contributed by atoms with van der Waals surface area (Å²) in [6, 6.07) is -2.74. The van der Waals surface area contributed by atoms with E-state index < -0.39 is 48.9 Å². The number of carbonyl (C=O) groups is 3. The zero-order valence-electron chi connectivity index (χ0n) is 13.9. The predicted octanol–water partition coefficient (Wildman–Crippen LogP) is -0.543. The quantitative estimate of drug-likeness (QED) is 0.294. The molecule has 0 saturated heterocycles. The van der Waals surface area contributed by atoms with Crippen LogP contribution in [0.1, 0.15) is 32.1 Å². The minimum Gasteiger partial charge on any atom is -0.481 e. The molecule has 0 aromatic rings. The van der Waals surface area contributed by atoms with Crippen molar-refractivity contribution in [2.24, 2.45) is 22.4 Å². The lowest BCUT2D eigenvalue weighted by Gasteiger charge is -2.26. The van der Waals surface area contributed by atoms with E-state index in [9.17, 15) is 27.6 Å². The second-order valence-corrected chi connectivity index (χ2v) is 6.05. The van der Waals surface area contributed by atoms with Crippen molar-refractivity contribution < 1.29 is 32.7 Å². The van der Waals surface area contributed by atoms with Crippen molar-refractivity contribution in [3.63, 3.8) is 0 Å². The number of nitrogens with two attached hydrogens (primary N) is 2. The number of carboxylic acid groups (broad SMARTS) is 1. The molecule has 1 saturated carbocycles. The largest absolute Gasteiger partial charge is 0.481 e. The molecule has 1 aliphatic carbocycles. The molecule has 7 N–H and O–H groups in total. The first kappa shape index (κ1) is 21.5. The Kier molecular flexibility index (Phi) is 7.65. The van der Waals surface area contributed by atoms with E-state index in [-0.39, 0.29) is 12.0 Å². The Hall–Kier alpha value is -2.53. The molecule has 9 nitrogen and oxygen atoms in total. The summed E-state index contributed by atoms with van der Waals surface area (Å²) in [5, 5.41) is 12.3. The zero-order valence-corrected chi connectivity index (χ0v) is 13.9. The van der Waals surface area contributed by atoms with Crippen LogP contribution >= 0.6 is 0 Å².